The minimum Gasteiger partial charge on any atom is -0.363 e. The van der Waals surface area contributed by atoms with Crippen LogP contribution in [0.2, 0.25) is 0 Å². The fourth-order valence-electron chi connectivity index (χ4n) is 3.36. The van der Waals surface area contributed by atoms with Gasteiger partial charge in [0.05, 0.1) is 12.2 Å². The van der Waals surface area contributed by atoms with Crippen LogP contribution in [-0.2, 0) is 13.0 Å². The molecule has 0 spiro atoms. The first-order valence-corrected chi connectivity index (χ1v) is 8.83. The highest BCUT2D eigenvalue weighted by Gasteiger charge is 2.23. The van der Waals surface area contributed by atoms with Gasteiger partial charge in [-0.3, -0.25) is 9.20 Å². The Morgan fingerprint density at radius 1 is 1.35 bits per heavy atom. The molecular weight excluding hydrogens is 306 g/mol. The van der Waals surface area contributed by atoms with E-state index in [2.05, 4.69) is 36.1 Å². The topological polar surface area (TPSA) is 37.6 Å². The number of fused-ring (bicyclic) bond motifs is 2. The van der Waals surface area contributed by atoms with Gasteiger partial charge in [-0.05, 0) is 38.3 Å². The van der Waals surface area contributed by atoms with E-state index in [0.717, 1.165) is 29.2 Å². The Morgan fingerprint density at radius 2 is 2.17 bits per heavy atom. The van der Waals surface area contributed by atoms with Crippen LogP contribution in [0.4, 0.5) is 5.69 Å². The number of rotatable bonds is 2. The first kappa shape index (κ1) is 14.5. The maximum atomic E-state index is 12.4. The van der Waals surface area contributed by atoms with E-state index in [0.29, 0.717) is 12.6 Å². The molecule has 4 rings (SSSR count). The second-order valence-corrected chi connectivity index (χ2v) is 7.06. The summed E-state index contributed by atoms with van der Waals surface area (Å²) >= 11 is 1.52. The zero-order valence-electron chi connectivity index (χ0n) is 13.3. The molecule has 23 heavy (non-hydrogen) atoms. The third kappa shape index (κ3) is 2.45. The molecule has 0 radical (unpaired) electrons. The van der Waals surface area contributed by atoms with E-state index in [1.165, 1.54) is 22.6 Å². The normalized spacial score (nSPS) is 17.5. The van der Waals surface area contributed by atoms with Crippen LogP contribution in [0.15, 0.2) is 40.5 Å². The standard InChI is InChI=1S/C18H19N3OS/c1-12-7-8-14-5-3-4-6-16(14)20(12)10-15-9-17(22)21-13(2)11-23-18(21)19-15/h3-6,9,11-12H,7-8,10H2,1-2H3/t12-/m0/s1. The number of hydrogen-bond acceptors (Lipinski definition) is 4. The number of benzene rings is 1. The van der Waals surface area contributed by atoms with E-state index in [9.17, 15) is 4.79 Å². The van der Waals surface area contributed by atoms with Crippen molar-refractivity contribution in [2.45, 2.75) is 39.3 Å². The van der Waals surface area contributed by atoms with Crippen LogP contribution in [0.25, 0.3) is 4.96 Å². The van der Waals surface area contributed by atoms with Crippen LogP contribution in [0.1, 0.15) is 30.3 Å². The molecule has 1 aliphatic rings. The molecule has 0 saturated carbocycles. The van der Waals surface area contributed by atoms with Crippen molar-refractivity contribution >= 4 is 22.0 Å². The number of para-hydroxylation sites is 1. The zero-order valence-corrected chi connectivity index (χ0v) is 14.1. The third-order valence-electron chi connectivity index (χ3n) is 4.63. The molecule has 0 saturated heterocycles. The van der Waals surface area contributed by atoms with E-state index < -0.39 is 0 Å². The Balaban J connectivity index is 1.74. The van der Waals surface area contributed by atoms with Crippen molar-refractivity contribution in [1.29, 1.82) is 0 Å². The van der Waals surface area contributed by atoms with Crippen LogP contribution in [0, 0.1) is 6.92 Å². The van der Waals surface area contributed by atoms with E-state index in [4.69, 9.17) is 4.98 Å². The molecule has 118 valence electrons. The highest BCUT2D eigenvalue weighted by atomic mass is 32.1. The molecule has 0 unspecified atom stereocenters. The molecule has 3 heterocycles. The van der Waals surface area contributed by atoms with Crippen molar-refractivity contribution in [3.63, 3.8) is 0 Å². The molecule has 1 atom stereocenters. The Hall–Kier alpha value is -2.14. The lowest BCUT2D eigenvalue weighted by molar-refractivity contribution is 0.556. The lowest BCUT2D eigenvalue weighted by Crippen LogP contribution is -2.37. The Kier molecular flexibility index (Phi) is 3.45. The minimum absolute atomic E-state index is 0.0155. The lowest BCUT2D eigenvalue weighted by Gasteiger charge is -2.36. The van der Waals surface area contributed by atoms with Gasteiger partial charge in [0.1, 0.15) is 0 Å². The first-order chi connectivity index (χ1) is 11.1. The van der Waals surface area contributed by atoms with E-state index in [1.807, 2.05) is 12.3 Å². The van der Waals surface area contributed by atoms with E-state index >= 15 is 0 Å². The number of nitrogens with zero attached hydrogens (tertiary/aromatic N) is 3. The smallest absolute Gasteiger partial charge is 0.259 e. The maximum absolute atomic E-state index is 12.4. The molecule has 2 aromatic heterocycles. The molecule has 1 aromatic carbocycles. The number of aryl methyl sites for hydroxylation is 2. The van der Waals surface area contributed by atoms with Crippen molar-refractivity contribution in [1.82, 2.24) is 9.38 Å². The Bertz CT molecular complexity index is 927. The number of anilines is 1. The zero-order chi connectivity index (χ0) is 16.0. The summed E-state index contributed by atoms with van der Waals surface area (Å²) in [4.78, 5) is 20.2. The number of aromatic nitrogens is 2. The summed E-state index contributed by atoms with van der Waals surface area (Å²) in [5, 5.41) is 1.98. The SMILES string of the molecule is Cc1csc2nc(CN3c4ccccc4CC[C@@H]3C)cc(=O)n12. The van der Waals surface area contributed by atoms with Crippen LogP contribution in [0.3, 0.4) is 0 Å². The van der Waals surface area contributed by atoms with Crippen molar-refractivity contribution < 1.29 is 0 Å². The Morgan fingerprint density at radius 3 is 3.04 bits per heavy atom. The summed E-state index contributed by atoms with van der Waals surface area (Å²) in [7, 11) is 0. The quantitative estimate of drug-likeness (QED) is 0.725. The Labute approximate surface area is 139 Å². The molecule has 4 nitrogen and oxygen atoms in total. The minimum atomic E-state index is 0.0155. The summed E-state index contributed by atoms with van der Waals surface area (Å²) in [6.45, 7) is 4.87. The summed E-state index contributed by atoms with van der Waals surface area (Å²) < 4.78 is 1.68. The van der Waals surface area contributed by atoms with Crippen molar-refractivity contribution in [3.05, 3.63) is 63.0 Å². The molecule has 0 aliphatic carbocycles. The summed E-state index contributed by atoms with van der Waals surface area (Å²) in [5.41, 5.74) is 4.47. The monoisotopic (exact) mass is 325 g/mol. The van der Waals surface area contributed by atoms with Gasteiger partial charge in [-0.25, -0.2) is 4.98 Å². The molecule has 1 aliphatic heterocycles. The highest BCUT2D eigenvalue weighted by Crippen LogP contribution is 2.31. The first-order valence-electron chi connectivity index (χ1n) is 7.95. The molecule has 0 fully saturated rings. The maximum Gasteiger partial charge on any atom is 0.259 e. The van der Waals surface area contributed by atoms with Gasteiger partial charge in [0.15, 0.2) is 4.96 Å². The molecule has 0 bridgehead atoms. The average Bonchev–Trinajstić information content (AvgIpc) is 2.92. The van der Waals surface area contributed by atoms with Crippen LogP contribution >= 0.6 is 11.3 Å². The lowest BCUT2D eigenvalue weighted by atomic mass is 9.96. The summed E-state index contributed by atoms with van der Waals surface area (Å²) in [6, 6.07) is 10.7. The molecule has 0 amide bonds. The van der Waals surface area contributed by atoms with Crippen LogP contribution in [0.5, 0.6) is 0 Å². The summed E-state index contributed by atoms with van der Waals surface area (Å²) in [5.74, 6) is 0. The molecular formula is C18H19N3OS. The average molecular weight is 325 g/mol. The fraction of sp³-hybridized carbons (Fsp3) is 0.333. The molecule has 0 N–H and O–H groups in total. The third-order valence-corrected chi connectivity index (χ3v) is 5.57. The van der Waals surface area contributed by atoms with Gasteiger partial charge >= 0.3 is 0 Å². The van der Waals surface area contributed by atoms with Gasteiger partial charge in [-0.2, -0.15) is 0 Å². The number of thiazole rings is 1. The van der Waals surface area contributed by atoms with Gasteiger partial charge in [-0.1, -0.05) is 18.2 Å². The van der Waals surface area contributed by atoms with Gasteiger partial charge < -0.3 is 4.90 Å². The van der Waals surface area contributed by atoms with Gasteiger partial charge in [-0.15, -0.1) is 11.3 Å². The van der Waals surface area contributed by atoms with Gasteiger partial charge in [0.25, 0.3) is 5.56 Å². The van der Waals surface area contributed by atoms with Gasteiger partial charge in [0, 0.05) is 28.9 Å². The van der Waals surface area contributed by atoms with E-state index in [-0.39, 0.29) is 5.56 Å². The van der Waals surface area contributed by atoms with Crippen molar-refractivity contribution in [2.75, 3.05) is 4.90 Å². The van der Waals surface area contributed by atoms with Crippen LogP contribution in [-0.4, -0.2) is 15.4 Å². The predicted octanol–water partition coefficient (Wildman–Crippen LogP) is 3.41. The largest absolute Gasteiger partial charge is 0.363 e. The summed E-state index contributed by atoms with van der Waals surface area (Å²) in [6.07, 6.45) is 2.25. The predicted molar refractivity (Wildman–Crippen MR) is 94.5 cm³/mol. The second kappa shape index (κ2) is 5.49. The van der Waals surface area contributed by atoms with E-state index in [1.54, 1.807) is 10.5 Å². The molecule has 3 aromatic rings. The van der Waals surface area contributed by atoms with Crippen molar-refractivity contribution in [2.24, 2.45) is 0 Å². The van der Waals surface area contributed by atoms with Crippen molar-refractivity contribution in [3.8, 4) is 0 Å². The number of hydrogen-bond donors (Lipinski definition) is 0. The van der Waals surface area contributed by atoms with Crippen LogP contribution < -0.4 is 10.5 Å². The van der Waals surface area contributed by atoms with Gasteiger partial charge in [0.2, 0.25) is 0 Å². The second-order valence-electron chi connectivity index (χ2n) is 6.23. The fourth-order valence-corrected chi connectivity index (χ4v) is 4.25. The molecule has 5 heteroatoms. The highest BCUT2D eigenvalue weighted by molar-refractivity contribution is 7.15.